The van der Waals surface area contributed by atoms with Gasteiger partial charge in [-0.2, -0.15) is 0 Å². The topological polar surface area (TPSA) is 16.1 Å². The summed E-state index contributed by atoms with van der Waals surface area (Å²) in [5.74, 6) is 1.01. The number of pyridine rings is 1. The number of aromatic nitrogens is 1. The van der Waals surface area contributed by atoms with Crippen LogP contribution < -0.4 is 4.90 Å². The lowest BCUT2D eigenvalue weighted by Crippen LogP contribution is -2.17. The van der Waals surface area contributed by atoms with Gasteiger partial charge in [0.1, 0.15) is 5.82 Å². The molecule has 2 nitrogen and oxygen atoms in total. The Labute approximate surface area is 96.6 Å². The number of hydrogen-bond donors (Lipinski definition) is 0. The second-order valence-corrected chi connectivity index (χ2v) is 4.04. The predicted molar refractivity (Wildman–Crippen MR) is 67.5 cm³/mol. The predicted octanol–water partition coefficient (Wildman–Crippen LogP) is 3.03. The van der Waals surface area contributed by atoms with Crippen molar-refractivity contribution in [3.05, 3.63) is 59.8 Å². The fourth-order valence-corrected chi connectivity index (χ4v) is 1.62. The van der Waals surface area contributed by atoms with E-state index in [0.717, 1.165) is 12.4 Å². The zero-order chi connectivity index (χ0) is 11.4. The molecule has 0 fully saturated rings. The summed E-state index contributed by atoms with van der Waals surface area (Å²) in [6, 6.07) is 14.6. The van der Waals surface area contributed by atoms with E-state index in [4.69, 9.17) is 0 Å². The van der Waals surface area contributed by atoms with Crippen LogP contribution in [0, 0.1) is 6.92 Å². The fraction of sp³-hybridized carbons (Fsp3) is 0.214. The minimum atomic E-state index is 0.886. The van der Waals surface area contributed by atoms with Gasteiger partial charge in [-0.15, -0.1) is 0 Å². The third-order valence-corrected chi connectivity index (χ3v) is 2.55. The second kappa shape index (κ2) is 4.79. The van der Waals surface area contributed by atoms with Crippen molar-refractivity contribution in [1.29, 1.82) is 0 Å². The van der Waals surface area contributed by atoms with Crippen LogP contribution in [-0.2, 0) is 6.54 Å². The Morgan fingerprint density at radius 3 is 2.44 bits per heavy atom. The normalized spacial score (nSPS) is 10.1. The molecule has 0 radical (unpaired) electrons. The molecule has 0 bridgehead atoms. The monoisotopic (exact) mass is 212 g/mol. The van der Waals surface area contributed by atoms with Gasteiger partial charge in [0.15, 0.2) is 0 Å². The molecule has 0 N–H and O–H groups in total. The quantitative estimate of drug-likeness (QED) is 0.777. The summed E-state index contributed by atoms with van der Waals surface area (Å²) in [4.78, 5) is 6.55. The van der Waals surface area contributed by atoms with E-state index in [1.807, 2.05) is 19.2 Å². The van der Waals surface area contributed by atoms with Crippen LogP contribution in [0.1, 0.15) is 11.1 Å². The standard InChI is InChI=1S/C14H16N2/c1-12-8-9-14(15-10-12)16(2)11-13-6-4-3-5-7-13/h3-10H,11H2,1-2H3. The maximum absolute atomic E-state index is 4.40. The van der Waals surface area contributed by atoms with Crippen molar-refractivity contribution in [3.63, 3.8) is 0 Å². The molecule has 1 aromatic carbocycles. The molecule has 0 aliphatic heterocycles. The van der Waals surface area contributed by atoms with Crippen molar-refractivity contribution in [2.75, 3.05) is 11.9 Å². The lowest BCUT2D eigenvalue weighted by Gasteiger charge is -2.18. The van der Waals surface area contributed by atoms with E-state index in [9.17, 15) is 0 Å². The molecule has 1 heterocycles. The largest absolute Gasteiger partial charge is 0.355 e. The number of benzene rings is 1. The van der Waals surface area contributed by atoms with Crippen molar-refractivity contribution in [1.82, 2.24) is 4.98 Å². The summed E-state index contributed by atoms with van der Waals surface area (Å²) in [6.45, 7) is 2.94. The molecular weight excluding hydrogens is 196 g/mol. The summed E-state index contributed by atoms with van der Waals surface area (Å²) in [6.07, 6.45) is 1.90. The SMILES string of the molecule is Cc1ccc(N(C)Cc2ccccc2)nc1. The smallest absolute Gasteiger partial charge is 0.128 e. The average molecular weight is 212 g/mol. The lowest BCUT2D eigenvalue weighted by molar-refractivity contribution is 0.897. The molecule has 0 saturated heterocycles. The number of aryl methyl sites for hydroxylation is 1. The van der Waals surface area contributed by atoms with Gasteiger partial charge in [-0.05, 0) is 24.1 Å². The van der Waals surface area contributed by atoms with Gasteiger partial charge in [-0.3, -0.25) is 0 Å². The molecule has 2 heteroatoms. The molecular formula is C14H16N2. The zero-order valence-corrected chi connectivity index (χ0v) is 9.72. The van der Waals surface area contributed by atoms with E-state index in [-0.39, 0.29) is 0 Å². The van der Waals surface area contributed by atoms with Crippen LogP contribution in [-0.4, -0.2) is 12.0 Å². The first kappa shape index (κ1) is 10.7. The summed E-state index contributed by atoms with van der Waals surface area (Å²) in [5, 5.41) is 0. The van der Waals surface area contributed by atoms with Crippen LogP contribution in [0.15, 0.2) is 48.7 Å². The first-order valence-corrected chi connectivity index (χ1v) is 5.43. The molecule has 2 rings (SSSR count). The molecule has 0 aliphatic carbocycles. The molecule has 0 amide bonds. The van der Waals surface area contributed by atoms with E-state index in [2.05, 4.69) is 53.3 Å². The van der Waals surface area contributed by atoms with Gasteiger partial charge in [0.05, 0.1) is 0 Å². The lowest BCUT2D eigenvalue weighted by atomic mass is 10.2. The van der Waals surface area contributed by atoms with Crippen molar-refractivity contribution in [2.45, 2.75) is 13.5 Å². The van der Waals surface area contributed by atoms with Gasteiger partial charge in [0.25, 0.3) is 0 Å². The highest BCUT2D eigenvalue weighted by Gasteiger charge is 2.02. The molecule has 0 aliphatic rings. The second-order valence-electron chi connectivity index (χ2n) is 4.04. The van der Waals surface area contributed by atoms with Crippen LogP contribution in [0.3, 0.4) is 0 Å². The van der Waals surface area contributed by atoms with Gasteiger partial charge in [0, 0.05) is 19.8 Å². The third kappa shape index (κ3) is 2.60. The Hall–Kier alpha value is -1.83. The van der Waals surface area contributed by atoms with E-state index in [0.29, 0.717) is 0 Å². The molecule has 0 unspecified atom stereocenters. The first-order valence-electron chi connectivity index (χ1n) is 5.43. The maximum Gasteiger partial charge on any atom is 0.128 e. The highest BCUT2D eigenvalue weighted by Crippen LogP contribution is 2.12. The van der Waals surface area contributed by atoms with Gasteiger partial charge >= 0.3 is 0 Å². The molecule has 82 valence electrons. The summed E-state index contributed by atoms with van der Waals surface area (Å²) in [7, 11) is 2.06. The van der Waals surface area contributed by atoms with E-state index < -0.39 is 0 Å². The molecule has 0 saturated carbocycles. The summed E-state index contributed by atoms with van der Waals surface area (Å²) >= 11 is 0. The van der Waals surface area contributed by atoms with Gasteiger partial charge in [-0.25, -0.2) is 4.98 Å². The summed E-state index contributed by atoms with van der Waals surface area (Å²) in [5.41, 5.74) is 2.49. The fourth-order valence-electron chi connectivity index (χ4n) is 1.62. The molecule has 1 aromatic heterocycles. The van der Waals surface area contributed by atoms with Crippen LogP contribution in [0.5, 0.6) is 0 Å². The van der Waals surface area contributed by atoms with Crippen molar-refractivity contribution in [2.24, 2.45) is 0 Å². The number of rotatable bonds is 3. The number of anilines is 1. The first-order chi connectivity index (χ1) is 7.75. The maximum atomic E-state index is 4.40. The summed E-state index contributed by atoms with van der Waals surface area (Å²) < 4.78 is 0. The minimum absolute atomic E-state index is 0.886. The molecule has 0 atom stereocenters. The van der Waals surface area contributed by atoms with Crippen LogP contribution in [0.4, 0.5) is 5.82 Å². The van der Waals surface area contributed by atoms with E-state index in [1.54, 1.807) is 0 Å². The third-order valence-electron chi connectivity index (χ3n) is 2.55. The van der Waals surface area contributed by atoms with Crippen molar-refractivity contribution in [3.8, 4) is 0 Å². The van der Waals surface area contributed by atoms with Crippen molar-refractivity contribution < 1.29 is 0 Å². The van der Waals surface area contributed by atoms with Crippen LogP contribution >= 0.6 is 0 Å². The van der Waals surface area contributed by atoms with Crippen LogP contribution in [0.25, 0.3) is 0 Å². The van der Waals surface area contributed by atoms with Gasteiger partial charge in [0.2, 0.25) is 0 Å². The van der Waals surface area contributed by atoms with Crippen LogP contribution in [0.2, 0.25) is 0 Å². The number of nitrogens with zero attached hydrogens (tertiary/aromatic N) is 2. The average Bonchev–Trinajstić information content (AvgIpc) is 2.31. The van der Waals surface area contributed by atoms with Gasteiger partial charge in [-0.1, -0.05) is 36.4 Å². The Balaban J connectivity index is 2.09. The molecule has 0 spiro atoms. The van der Waals surface area contributed by atoms with Gasteiger partial charge < -0.3 is 4.90 Å². The number of hydrogen-bond acceptors (Lipinski definition) is 2. The molecule has 2 aromatic rings. The zero-order valence-electron chi connectivity index (χ0n) is 9.72. The Morgan fingerprint density at radius 1 is 1.06 bits per heavy atom. The Kier molecular flexibility index (Phi) is 3.20. The molecule has 16 heavy (non-hydrogen) atoms. The Morgan fingerprint density at radius 2 is 1.81 bits per heavy atom. The van der Waals surface area contributed by atoms with Crippen molar-refractivity contribution >= 4 is 5.82 Å². The minimum Gasteiger partial charge on any atom is -0.355 e. The highest BCUT2D eigenvalue weighted by atomic mass is 15.2. The van der Waals surface area contributed by atoms with E-state index >= 15 is 0 Å². The Bertz CT molecular complexity index is 434. The highest BCUT2D eigenvalue weighted by molar-refractivity contribution is 5.39. The van der Waals surface area contributed by atoms with E-state index in [1.165, 1.54) is 11.1 Å².